The molecule has 0 aromatic heterocycles. The largest absolute Gasteiger partial charge is 0.431 e. The molecule has 8 heteroatoms. The molecule has 1 atom stereocenters. The second kappa shape index (κ2) is 6.54. The molecule has 0 aliphatic heterocycles. The van der Waals surface area contributed by atoms with Crippen molar-refractivity contribution in [2.24, 2.45) is 0 Å². The molecule has 0 bridgehead atoms. The van der Waals surface area contributed by atoms with E-state index < -0.39 is 30.5 Å². The fourth-order valence-corrected chi connectivity index (χ4v) is 2.19. The Bertz CT molecular complexity index is 541. The quantitative estimate of drug-likeness (QED) is 0.608. The first-order valence-electron chi connectivity index (χ1n) is 7.09. The molecule has 1 nitrogen and oxygen atoms in total. The van der Waals surface area contributed by atoms with Gasteiger partial charge in [0.05, 0.1) is 6.10 Å². The number of hydrogen-bond donors (Lipinski definition) is 0. The predicted molar refractivity (Wildman–Crippen MR) is 75.5 cm³/mol. The van der Waals surface area contributed by atoms with Gasteiger partial charge in [0.2, 0.25) is 0 Å². The summed E-state index contributed by atoms with van der Waals surface area (Å²) in [5, 5.41) is 0. The Labute approximate surface area is 135 Å². The molecule has 24 heavy (non-hydrogen) atoms. The Morgan fingerprint density at radius 1 is 0.917 bits per heavy atom. The minimum absolute atomic E-state index is 0.0560. The zero-order chi connectivity index (χ0) is 19.0. The fourth-order valence-electron chi connectivity index (χ4n) is 2.19. The van der Waals surface area contributed by atoms with Crippen LogP contribution in [0.5, 0.6) is 0 Å². The van der Waals surface area contributed by atoms with Crippen molar-refractivity contribution in [3.05, 3.63) is 35.4 Å². The van der Waals surface area contributed by atoms with Gasteiger partial charge in [-0.2, -0.15) is 26.3 Å². The van der Waals surface area contributed by atoms with E-state index >= 15 is 0 Å². The van der Waals surface area contributed by atoms with Crippen LogP contribution in [-0.4, -0.2) is 25.1 Å². The average molecular weight is 360 g/mol. The maximum atomic E-state index is 13.9. The Morgan fingerprint density at radius 2 is 1.42 bits per heavy atom. The molecule has 0 fully saturated rings. The third-order valence-electron chi connectivity index (χ3n) is 3.77. The van der Waals surface area contributed by atoms with Crippen molar-refractivity contribution in [1.82, 2.24) is 0 Å². The van der Waals surface area contributed by atoms with Gasteiger partial charge in [0.15, 0.2) is 0 Å². The molecule has 138 valence electrons. The first-order valence-corrected chi connectivity index (χ1v) is 7.09. The monoisotopic (exact) mass is 360 g/mol. The molecular weight excluding hydrogens is 341 g/mol. The van der Waals surface area contributed by atoms with E-state index in [9.17, 15) is 30.7 Å². The van der Waals surface area contributed by atoms with Crippen LogP contribution in [0.4, 0.5) is 30.7 Å². The van der Waals surface area contributed by atoms with Crippen LogP contribution < -0.4 is 0 Å². The molecule has 0 aliphatic rings. The normalized spacial score (nSPS) is 15.5. The third-order valence-corrected chi connectivity index (χ3v) is 3.77. The Balaban J connectivity index is 3.28. The topological polar surface area (TPSA) is 9.23 Å². The summed E-state index contributed by atoms with van der Waals surface area (Å²) in [7, 11) is 0.946. The van der Waals surface area contributed by atoms with Crippen LogP contribution in [0.3, 0.4) is 0 Å². The molecular formula is C16H19F7O. The van der Waals surface area contributed by atoms with Gasteiger partial charge in [-0.1, -0.05) is 45.0 Å². The summed E-state index contributed by atoms with van der Waals surface area (Å²) in [6, 6.07) is 5.92. The van der Waals surface area contributed by atoms with Crippen LogP contribution in [0, 0.1) is 0 Å². The highest BCUT2D eigenvalue weighted by molar-refractivity contribution is 5.30. The minimum Gasteiger partial charge on any atom is -0.377 e. The fraction of sp³-hybridized carbons (Fsp3) is 0.625. The maximum absolute atomic E-state index is 13.9. The van der Waals surface area contributed by atoms with E-state index in [1.807, 2.05) is 20.8 Å². The Hall–Kier alpha value is -1.31. The summed E-state index contributed by atoms with van der Waals surface area (Å²) in [6.07, 6.45) is -15.8. The SMILES string of the molecule is COC(CC(F)(C(F)(F)F)C(F)(F)F)c1cccc(C(C)(C)C)c1. The van der Waals surface area contributed by atoms with Gasteiger partial charge in [0.1, 0.15) is 0 Å². The molecule has 0 spiro atoms. The van der Waals surface area contributed by atoms with Gasteiger partial charge in [-0.15, -0.1) is 0 Å². The second-order valence-electron chi connectivity index (χ2n) is 6.60. The second-order valence-corrected chi connectivity index (χ2v) is 6.60. The zero-order valence-corrected chi connectivity index (χ0v) is 13.6. The molecule has 0 radical (unpaired) electrons. The molecule has 0 saturated heterocycles. The van der Waals surface area contributed by atoms with Crippen molar-refractivity contribution >= 4 is 0 Å². The number of rotatable bonds is 4. The van der Waals surface area contributed by atoms with E-state index in [2.05, 4.69) is 0 Å². The van der Waals surface area contributed by atoms with Gasteiger partial charge >= 0.3 is 18.0 Å². The highest BCUT2D eigenvalue weighted by atomic mass is 19.4. The molecule has 1 aromatic rings. The van der Waals surface area contributed by atoms with Gasteiger partial charge in [-0.3, -0.25) is 0 Å². The molecule has 0 aliphatic carbocycles. The van der Waals surface area contributed by atoms with Crippen LogP contribution in [-0.2, 0) is 10.2 Å². The van der Waals surface area contributed by atoms with Gasteiger partial charge in [-0.05, 0) is 16.5 Å². The van der Waals surface area contributed by atoms with Crippen LogP contribution in [0.2, 0.25) is 0 Å². The summed E-state index contributed by atoms with van der Waals surface area (Å²) < 4.78 is 95.1. The van der Waals surface area contributed by atoms with E-state index in [0.29, 0.717) is 5.56 Å². The van der Waals surface area contributed by atoms with Crippen LogP contribution in [0.1, 0.15) is 44.4 Å². The predicted octanol–water partition coefficient (Wildman–Crippen LogP) is 5.89. The first kappa shape index (κ1) is 20.7. The van der Waals surface area contributed by atoms with Crippen molar-refractivity contribution in [2.75, 3.05) is 7.11 Å². The van der Waals surface area contributed by atoms with Crippen molar-refractivity contribution in [1.29, 1.82) is 0 Å². The number of hydrogen-bond acceptors (Lipinski definition) is 1. The number of methoxy groups -OCH3 is 1. The van der Waals surface area contributed by atoms with E-state index in [1.54, 1.807) is 6.07 Å². The lowest BCUT2D eigenvalue weighted by molar-refractivity contribution is -0.348. The summed E-state index contributed by atoms with van der Waals surface area (Å²) >= 11 is 0. The van der Waals surface area contributed by atoms with E-state index in [-0.39, 0.29) is 11.0 Å². The summed E-state index contributed by atoms with van der Waals surface area (Å²) in [5.74, 6) is 0. The number of halogens is 7. The molecule has 0 saturated carbocycles. The highest BCUT2D eigenvalue weighted by Crippen LogP contribution is 2.51. The van der Waals surface area contributed by atoms with Crippen molar-refractivity contribution < 1.29 is 35.5 Å². The van der Waals surface area contributed by atoms with Crippen LogP contribution >= 0.6 is 0 Å². The van der Waals surface area contributed by atoms with Crippen LogP contribution in [0.15, 0.2) is 24.3 Å². The molecule has 1 rings (SSSR count). The Morgan fingerprint density at radius 3 is 1.79 bits per heavy atom. The molecule has 1 unspecified atom stereocenters. The van der Waals surface area contributed by atoms with E-state index in [0.717, 1.165) is 7.11 Å². The average Bonchev–Trinajstić information content (AvgIpc) is 2.41. The summed E-state index contributed by atoms with van der Waals surface area (Å²) in [4.78, 5) is 0. The lowest BCUT2D eigenvalue weighted by Gasteiger charge is -2.33. The van der Waals surface area contributed by atoms with Crippen LogP contribution in [0.25, 0.3) is 0 Å². The molecule has 0 N–H and O–H groups in total. The minimum atomic E-state index is -6.09. The lowest BCUT2D eigenvalue weighted by Crippen LogP contribution is -2.54. The van der Waals surface area contributed by atoms with E-state index in [4.69, 9.17) is 4.74 Å². The van der Waals surface area contributed by atoms with Crippen molar-refractivity contribution in [3.63, 3.8) is 0 Å². The number of alkyl halides is 7. The third kappa shape index (κ3) is 4.20. The van der Waals surface area contributed by atoms with Gasteiger partial charge in [-0.25, -0.2) is 4.39 Å². The van der Waals surface area contributed by atoms with Gasteiger partial charge in [0.25, 0.3) is 0 Å². The van der Waals surface area contributed by atoms with E-state index in [1.165, 1.54) is 18.2 Å². The highest BCUT2D eigenvalue weighted by Gasteiger charge is 2.72. The summed E-state index contributed by atoms with van der Waals surface area (Å²) in [6.45, 7) is 5.50. The molecule has 0 amide bonds. The Kier molecular flexibility index (Phi) is 5.65. The van der Waals surface area contributed by atoms with Gasteiger partial charge < -0.3 is 4.74 Å². The van der Waals surface area contributed by atoms with Gasteiger partial charge in [0, 0.05) is 13.5 Å². The zero-order valence-electron chi connectivity index (χ0n) is 13.6. The van der Waals surface area contributed by atoms with Crippen molar-refractivity contribution in [3.8, 4) is 0 Å². The first-order chi connectivity index (χ1) is 10.6. The lowest BCUT2D eigenvalue weighted by atomic mass is 9.84. The molecule has 0 heterocycles. The number of ether oxygens (including phenoxy) is 1. The smallest absolute Gasteiger partial charge is 0.377 e. The van der Waals surface area contributed by atoms with Crippen molar-refractivity contribution in [2.45, 2.75) is 56.7 Å². The standard InChI is InChI=1S/C16H19F7O/c1-13(2,3)11-7-5-6-10(8-11)12(24-4)9-14(17,15(18,19)20)16(21,22)23/h5-8,12H,9H2,1-4H3. The number of benzene rings is 1. The molecule has 1 aromatic carbocycles. The maximum Gasteiger partial charge on any atom is 0.431 e. The summed E-state index contributed by atoms with van der Waals surface area (Å²) in [5.41, 5.74) is -4.99.